The van der Waals surface area contributed by atoms with E-state index in [0.29, 0.717) is 28.6 Å². The van der Waals surface area contributed by atoms with Crippen LogP contribution in [-0.4, -0.2) is 27.3 Å². The molecule has 10 heteroatoms. The maximum absolute atomic E-state index is 12.9. The standard InChI is InChI=1S/C22H20F3N3O4/c1-13-10-15(8-9-17(13)27-21(29)30)31-12-19-16(14-6-7-14)11-26-28(19)18-4-2-3-5-20(18)32-22(23,24)25/h2-5,8-11,14,27H,6-7,12H2,1H3,(H,29,30). The van der Waals surface area contributed by atoms with E-state index in [-0.39, 0.29) is 18.0 Å². The first-order valence-corrected chi connectivity index (χ1v) is 9.86. The van der Waals surface area contributed by atoms with Crippen LogP contribution in [0.15, 0.2) is 48.7 Å². The summed E-state index contributed by atoms with van der Waals surface area (Å²) in [5.74, 6) is 0.432. The first kappa shape index (κ1) is 21.5. The van der Waals surface area contributed by atoms with Gasteiger partial charge in [-0.2, -0.15) is 5.10 Å². The van der Waals surface area contributed by atoms with Crippen LogP contribution in [0, 0.1) is 6.92 Å². The minimum absolute atomic E-state index is 0.0668. The summed E-state index contributed by atoms with van der Waals surface area (Å²) >= 11 is 0. The van der Waals surface area contributed by atoms with Crippen molar-refractivity contribution in [2.75, 3.05) is 5.32 Å². The third-order valence-electron chi connectivity index (χ3n) is 5.05. The van der Waals surface area contributed by atoms with Gasteiger partial charge in [-0.05, 0) is 61.6 Å². The summed E-state index contributed by atoms with van der Waals surface area (Å²) in [7, 11) is 0. The first-order valence-electron chi connectivity index (χ1n) is 9.86. The average molecular weight is 447 g/mol. The van der Waals surface area contributed by atoms with E-state index >= 15 is 0 Å². The molecule has 0 unspecified atom stereocenters. The summed E-state index contributed by atoms with van der Waals surface area (Å²) in [6.07, 6.45) is -2.38. The van der Waals surface area contributed by atoms with Gasteiger partial charge in [0.15, 0.2) is 5.75 Å². The Kier molecular flexibility index (Phi) is 5.68. The zero-order valence-corrected chi connectivity index (χ0v) is 17.0. The van der Waals surface area contributed by atoms with Crippen LogP contribution in [0.25, 0.3) is 5.69 Å². The van der Waals surface area contributed by atoms with E-state index in [9.17, 15) is 18.0 Å². The number of halogens is 3. The highest BCUT2D eigenvalue weighted by Crippen LogP contribution is 2.43. The van der Waals surface area contributed by atoms with E-state index in [4.69, 9.17) is 9.84 Å². The summed E-state index contributed by atoms with van der Waals surface area (Å²) in [4.78, 5) is 10.8. The molecule has 0 aliphatic heterocycles. The maximum atomic E-state index is 12.9. The van der Waals surface area contributed by atoms with Gasteiger partial charge in [0.1, 0.15) is 18.0 Å². The number of hydrogen-bond acceptors (Lipinski definition) is 4. The second-order valence-corrected chi connectivity index (χ2v) is 7.44. The number of amides is 1. The lowest BCUT2D eigenvalue weighted by Gasteiger charge is -2.16. The van der Waals surface area contributed by atoms with Gasteiger partial charge in [0.05, 0.1) is 11.9 Å². The molecule has 1 amide bonds. The molecule has 1 saturated carbocycles. The molecule has 2 aromatic carbocycles. The Hall–Kier alpha value is -3.69. The van der Waals surface area contributed by atoms with Gasteiger partial charge in [-0.15, -0.1) is 13.2 Å². The molecular formula is C22H20F3N3O4. The van der Waals surface area contributed by atoms with E-state index in [1.807, 2.05) is 0 Å². The fourth-order valence-electron chi connectivity index (χ4n) is 3.45. The lowest BCUT2D eigenvalue weighted by atomic mass is 10.1. The number of anilines is 1. The number of carboxylic acid groups (broad SMARTS) is 1. The highest BCUT2D eigenvalue weighted by atomic mass is 19.4. The lowest BCUT2D eigenvalue weighted by Crippen LogP contribution is -2.19. The van der Waals surface area contributed by atoms with Crippen LogP contribution < -0.4 is 14.8 Å². The second kappa shape index (κ2) is 8.45. The van der Waals surface area contributed by atoms with E-state index in [1.54, 1.807) is 37.4 Å². The Labute approximate surface area is 181 Å². The summed E-state index contributed by atoms with van der Waals surface area (Å²) in [6.45, 7) is 1.81. The van der Waals surface area contributed by atoms with Crippen molar-refractivity contribution in [2.45, 2.75) is 38.7 Å². The van der Waals surface area contributed by atoms with Crippen LogP contribution in [0.1, 0.15) is 35.6 Å². The van der Waals surface area contributed by atoms with E-state index in [0.717, 1.165) is 18.4 Å². The third-order valence-corrected chi connectivity index (χ3v) is 5.05. The fraction of sp³-hybridized carbons (Fsp3) is 0.273. The molecule has 1 fully saturated rings. The molecule has 4 rings (SSSR count). The normalized spacial score (nSPS) is 13.6. The van der Waals surface area contributed by atoms with Crippen molar-refractivity contribution in [2.24, 2.45) is 0 Å². The zero-order chi connectivity index (χ0) is 22.9. The van der Waals surface area contributed by atoms with Gasteiger partial charge in [-0.25, -0.2) is 9.48 Å². The van der Waals surface area contributed by atoms with Crippen molar-refractivity contribution in [1.82, 2.24) is 9.78 Å². The second-order valence-electron chi connectivity index (χ2n) is 7.44. The van der Waals surface area contributed by atoms with Crippen LogP contribution >= 0.6 is 0 Å². The van der Waals surface area contributed by atoms with Gasteiger partial charge in [-0.1, -0.05) is 12.1 Å². The van der Waals surface area contributed by atoms with Gasteiger partial charge >= 0.3 is 12.5 Å². The molecule has 3 aromatic rings. The molecular weight excluding hydrogens is 427 g/mol. The predicted molar refractivity (Wildman–Crippen MR) is 109 cm³/mol. The molecule has 7 nitrogen and oxygen atoms in total. The number of carbonyl (C=O) groups is 1. The van der Waals surface area contributed by atoms with Gasteiger partial charge in [-0.3, -0.25) is 5.32 Å². The number of rotatable bonds is 7. The van der Waals surface area contributed by atoms with Gasteiger partial charge in [0, 0.05) is 11.3 Å². The fourth-order valence-corrected chi connectivity index (χ4v) is 3.45. The van der Waals surface area contributed by atoms with Crippen molar-refractivity contribution in [1.29, 1.82) is 0 Å². The van der Waals surface area contributed by atoms with E-state index < -0.39 is 12.5 Å². The van der Waals surface area contributed by atoms with E-state index in [2.05, 4.69) is 15.2 Å². The smallest absolute Gasteiger partial charge is 0.487 e. The lowest BCUT2D eigenvalue weighted by molar-refractivity contribution is -0.274. The summed E-state index contributed by atoms with van der Waals surface area (Å²) < 4.78 is 50.2. The molecule has 2 N–H and O–H groups in total. The van der Waals surface area contributed by atoms with Crippen molar-refractivity contribution >= 4 is 11.8 Å². The average Bonchev–Trinajstić information content (AvgIpc) is 3.47. The van der Waals surface area contributed by atoms with Gasteiger partial charge in [0.2, 0.25) is 0 Å². The minimum atomic E-state index is -4.83. The third kappa shape index (κ3) is 4.96. The van der Waals surface area contributed by atoms with Crippen LogP contribution in [0.3, 0.4) is 0 Å². The summed E-state index contributed by atoms with van der Waals surface area (Å²) in [5.41, 5.74) is 2.83. The number of aromatic nitrogens is 2. The number of alkyl halides is 3. The molecule has 1 heterocycles. The van der Waals surface area contributed by atoms with Crippen molar-refractivity contribution in [3.8, 4) is 17.2 Å². The molecule has 0 radical (unpaired) electrons. The Morgan fingerprint density at radius 3 is 2.66 bits per heavy atom. The van der Waals surface area contributed by atoms with Crippen molar-refractivity contribution < 1.29 is 32.5 Å². The molecule has 1 aliphatic carbocycles. The van der Waals surface area contributed by atoms with Gasteiger partial charge < -0.3 is 14.6 Å². The highest BCUT2D eigenvalue weighted by molar-refractivity contribution is 5.84. The van der Waals surface area contributed by atoms with Crippen molar-refractivity contribution in [3.05, 3.63) is 65.5 Å². The van der Waals surface area contributed by atoms with Crippen molar-refractivity contribution in [3.63, 3.8) is 0 Å². The van der Waals surface area contributed by atoms with Crippen LogP contribution in [0.2, 0.25) is 0 Å². The molecule has 0 spiro atoms. The van der Waals surface area contributed by atoms with Gasteiger partial charge in [0.25, 0.3) is 0 Å². The summed E-state index contributed by atoms with van der Waals surface area (Å²) in [6, 6.07) is 10.7. The first-order chi connectivity index (χ1) is 15.2. The predicted octanol–water partition coefficient (Wildman–Crippen LogP) is 5.63. The SMILES string of the molecule is Cc1cc(OCc2c(C3CC3)cnn2-c2ccccc2OC(F)(F)F)ccc1NC(=O)O. The Balaban J connectivity index is 1.63. The summed E-state index contributed by atoms with van der Waals surface area (Å²) in [5, 5.41) is 15.5. The van der Waals surface area contributed by atoms with Crippen LogP contribution in [-0.2, 0) is 6.61 Å². The van der Waals surface area contributed by atoms with Crippen LogP contribution in [0.5, 0.6) is 11.5 Å². The number of hydrogen-bond donors (Lipinski definition) is 2. The van der Waals surface area contributed by atoms with Crippen LogP contribution in [0.4, 0.5) is 23.7 Å². The molecule has 1 aromatic heterocycles. The number of ether oxygens (including phenoxy) is 2. The minimum Gasteiger partial charge on any atom is -0.487 e. The largest absolute Gasteiger partial charge is 0.573 e. The molecule has 0 saturated heterocycles. The maximum Gasteiger partial charge on any atom is 0.573 e. The molecule has 1 aliphatic rings. The number of para-hydroxylation sites is 2. The Morgan fingerprint density at radius 2 is 2.00 bits per heavy atom. The molecule has 0 bridgehead atoms. The quantitative estimate of drug-likeness (QED) is 0.491. The number of aryl methyl sites for hydroxylation is 1. The Morgan fingerprint density at radius 1 is 1.25 bits per heavy atom. The Bertz CT molecular complexity index is 1140. The van der Waals surface area contributed by atoms with E-state index in [1.165, 1.54) is 22.9 Å². The topological polar surface area (TPSA) is 85.6 Å². The zero-order valence-electron chi connectivity index (χ0n) is 17.0. The molecule has 0 atom stereocenters. The number of benzene rings is 2. The number of nitrogens with zero attached hydrogens (tertiary/aromatic N) is 2. The highest BCUT2D eigenvalue weighted by Gasteiger charge is 2.34. The number of nitrogens with one attached hydrogen (secondary N) is 1. The molecule has 168 valence electrons. The molecule has 32 heavy (non-hydrogen) atoms. The monoisotopic (exact) mass is 447 g/mol.